The van der Waals surface area contributed by atoms with Gasteiger partial charge in [0, 0.05) is 52.4 Å². The summed E-state index contributed by atoms with van der Waals surface area (Å²) >= 11 is 1.63. The molecule has 2 bridgehead atoms. The molecule has 1 unspecified atom stereocenters. The number of ketones is 1. The van der Waals surface area contributed by atoms with Crippen LogP contribution in [0.3, 0.4) is 0 Å². The van der Waals surface area contributed by atoms with E-state index in [4.69, 9.17) is 41.0 Å². The lowest BCUT2D eigenvalue weighted by molar-refractivity contribution is -0.347. The number of aliphatic hydroxyl groups is 1. The lowest BCUT2D eigenvalue weighted by atomic mass is 9.44. The van der Waals surface area contributed by atoms with E-state index >= 15 is 9.59 Å². The van der Waals surface area contributed by atoms with E-state index in [2.05, 4.69) is 10.6 Å². The predicted octanol–water partition coefficient (Wildman–Crippen LogP) is 6.16. The van der Waals surface area contributed by atoms with Gasteiger partial charge in [-0.05, 0) is 76.3 Å². The van der Waals surface area contributed by atoms with Crippen LogP contribution in [0.1, 0.15) is 116 Å². The van der Waals surface area contributed by atoms with Gasteiger partial charge >= 0.3 is 30.0 Å². The summed E-state index contributed by atoms with van der Waals surface area (Å²) in [6, 6.07) is 14.9. The summed E-state index contributed by atoms with van der Waals surface area (Å²) in [7, 11) is 2.76. The van der Waals surface area contributed by atoms with Gasteiger partial charge in [-0.2, -0.15) is 0 Å². The molecule has 3 aliphatic carbocycles. The molecule has 2 amide bonds. The van der Waals surface area contributed by atoms with Crippen LogP contribution < -0.4 is 10.6 Å². The summed E-state index contributed by atoms with van der Waals surface area (Å²) in [4.78, 5) is 98.1. The monoisotopic (exact) mass is 1130 g/mol. The molecule has 400 valence electrons. The van der Waals surface area contributed by atoms with Crippen molar-refractivity contribution in [1.82, 2.24) is 10.6 Å². The van der Waals surface area contributed by atoms with Crippen molar-refractivity contribution in [2.75, 3.05) is 34.0 Å². The number of benzene rings is 2. The van der Waals surface area contributed by atoms with E-state index in [1.165, 1.54) is 33.3 Å². The van der Waals surface area contributed by atoms with Crippen LogP contribution in [0.15, 0.2) is 71.8 Å². The molecule has 11 atom stereocenters. The fraction of sp³-hybridized carbons (Fsp3) is 0.604. The minimum Gasteiger partial charge on any atom is -0.455 e. The summed E-state index contributed by atoms with van der Waals surface area (Å²) in [6.07, 6.45) is -8.45. The number of ether oxygens (including phenoxy) is 8. The van der Waals surface area contributed by atoms with Gasteiger partial charge in [0.2, 0.25) is 12.0 Å². The molecule has 4 aliphatic rings. The van der Waals surface area contributed by atoms with Gasteiger partial charge < -0.3 is 56.7 Å². The molecule has 0 aromatic heterocycles. The number of unbranched alkanes of at least 4 members (excludes halogenated alkanes) is 2. The van der Waals surface area contributed by atoms with Crippen LogP contribution in [0.4, 0.5) is 4.79 Å². The average molecular weight is 1130 g/mol. The highest BCUT2D eigenvalue weighted by Crippen LogP contribution is 2.65. The van der Waals surface area contributed by atoms with Gasteiger partial charge in [-0.25, -0.2) is 14.4 Å². The molecule has 20 heteroatoms. The molecule has 2 aromatic carbocycles. The number of carbonyl (C=O) groups is 7. The fourth-order valence-electron chi connectivity index (χ4n) is 11.3. The van der Waals surface area contributed by atoms with Crippen molar-refractivity contribution in [3.05, 3.63) is 82.9 Å². The Bertz CT molecular complexity index is 2390. The number of carbonyl (C=O) groups excluding carboxylic acids is 7. The third kappa shape index (κ3) is 11.8. The van der Waals surface area contributed by atoms with E-state index in [1.54, 1.807) is 120 Å². The van der Waals surface area contributed by atoms with Crippen LogP contribution in [0.2, 0.25) is 0 Å². The molecular formula is C53H69IN2O17. The number of Topliss-reactive ketones (excluding diaryl/α,β-unsaturated/α-hetero) is 1. The van der Waals surface area contributed by atoms with Crippen molar-refractivity contribution in [3.8, 4) is 0 Å². The first-order valence-corrected chi connectivity index (χ1v) is 25.3. The minimum absolute atomic E-state index is 0.0886. The number of alkyl carbamates (subject to hydrolysis) is 1. The highest BCUT2D eigenvalue weighted by Gasteiger charge is 2.78. The maximum atomic E-state index is 15.8. The molecule has 73 heavy (non-hydrogen) atoms. The van der Waals surface area contributed by atoms with E-state index in [-0.39, 0.29) is 43.1 Å². The Morgan fingerprint density at radius 3 is 2.15 bits per heavy atom. The zero-order valence-corrected chi connectivity index (χ0v) is 45.3. The van der Waals surface area contributed by atoms with Crippen LogP contribution in [0.25, 0.3) is 0 Å². The maximum absolute atomic E-state index is 15.8. The SMILES string of the molecule is CO[C@H]1C(=O)[C@]2(C)[C@@H](OC)CC3OC[C@@]3(OC(C)=O)[C@H]2[C@H](OC(=O)c2ccccc2)[C@]2(O)C[C@H](OC(=O)[C@H](OC(=O)CCCCCNC(=O)COI)[C@@H](NC(=O)OC(C)(C)C)c3ccccc3)C(C)=C1C2(C)C. The van der Waals surface area contributed by atoms with Crippen LogP contribution in [0.5, 0.6) is 0 Å². The van der Waals surface area contributed by atoms with Gasteiger partial charge in [-0.3, -0.25) is 19.2 Å². The number of amides is 2. The maximum Gasteiger partial charge on any atom is 0.408 e. The fourth-order valence-corrected chi connectivity index (χ4v) is 11.6. The zero-order valence-electron chi connectivity index (χ0n) is 43.1. The molecule has 3 N–H and O–H groups in total. The van der Waals surface area contributed by atoms with Crippen molar-refractivity contribution >= 4 is 64.7 Å². The van der Waals surface area contributed by atoms with Crippen molar-refractivity contribution < 1.29 is 79.6 Å². The van der Waals surface area contributed by atoms with Gasteiger partial charge in [0.1, 0.15) is 71.3 Å². The van der Waals surface area contributed by atoms with Crippen LogP contribution in [0, 0.1) is 16.7 Å². The second-order valence-electron chi connectivity index (χ2n) is 20.9. The number of nitrogens with one attached hydrogen (secondary N) is 2. The highest BCUT2D eigenvalue weighted by atomic mass is 127. The molecule has 2 aromatic rings. The van der Waals surface area contributed by atoms with Crippen LogP contribution >= 0.6 is 23.0 Å². The van der Waals surface area contributed by atoms with E-state index in [0.29, 0.717) is 36.9 Å². The van der Waals surface area contributed by atoms with E-state index in [9.17, 15) is 29.1 Å². The van der Waals surface area contributed by atoms with Crippen molar-refractivity contribution in [3.63, 3.8) is 0 Å². The molecule has 0 spiro atoms. The summed E-state index contributed by atoms with van der Waals surface area (Å²) in [5, 5.41) is 19.5. The molecule has 6 rings (SSSR count). The van der Waals surface area contributed by atoms with Gasteiger partial charge in [0.15, 0.2) is 11.4 Å². The van der Waals surface area contributed by atoms with Crippen molar-refractivity contribution in [2.24, 2.45) is 16.7 Å². The first-order chi connectivity index (χ1) is 34.4. The quantitative estimate of drug-likeness (QED) is 0.0468. The number of fused-ring (bicyclic) bond motifs is 5. The number of hydrogen-bond donors (Lipinski definition) is 3. The molecule has 0 radical (unpaired) electrons. The Morgan fingerprint density at radius 2 is 1.58 bits per heavy atom. The number of esters is 4. The number of hydrogen-bond acceptors (Lipinski definition) is 17. The minimum atomic E-state index is -2.30. The summed E-state index contributed by atoms with van der Waals surface area (Å²) in [6.45, 7) is 12.8. The van der Waals surface area contributed by atoms with E-state index in [1.807, 2.05) is 0 Å². The van der Waals surface area contributed by atoms with Gasteiger partial charge in [-0.15, -0.1) is 0 Å². The molecule has 3 fully saturated rings. The largest absolute Gasteiger partial charge is 0.455 e. The smallest absolute Gasteiger partial charge is 0.408 e. The lowest BCUT2D eigenvalue weighted by Crippen LogP contribution is -2.82. The molecule has 1 aliphatic heterocycles. The van der Waals surface area contributed by atoms with Crippen LogP contribution in [-0.4, -0.2) is 134 Å². The van der Waals surface area contributed by atoms with Gasteiger partial charge in [0.25, 0.3) is 0 Å². The summed E-state index contributed by atoms with van der Waals surface area (Å²) in [5.41, 5.74) is -7.20. The third-order valence-corrected chi connectivity index (χ3v) is 15.1. The Kier molecular flexibility index (Phi) is 18.3. The third-order valence-electron chi connectivity index (χ3n) is 14.8. The summed E-state index contributed by atoms with van der Waals surface area (Å²) in [5.74, 6) is -5.74. The predicted molar refractivity (Wildman–Crippen MR) is 269 cm³/mol. The highest BCUT2D eigenvalue weighted by molar-refractivity contribution is 14.1. The van der Waals surface area contributed by atoms with E-state index < -0.39 is 118 Å². The number of methoxy groups -OCH3 is 2. The lowest BCUT2D eigenvalue weighted by Gasteiger charge is -2.67. The first kappa shape index (κ1) is 57.3. The number of rotatable bonds is 19. The number of halogens is 1. The Labute approximate surface area is 440 Å². The molecule has 1 saturated heterocycles. The first-order valence-electron chi connectivity index (χ1n) is 24.4. The molecule has 19 nitrogen and oxygen atoms in total. The standard InChI is InChI=1S/C53H69IN2O17/c1-30-34(69-47(62)42(70-38(59)24-18-13-19-25-55-37(58)28-68-54)40(32-20-14-11-15-21-32)56-48(63)73-49(3,4)5)27-53(64)45(71-46(61)33-22-16-12-17-23-33)43-51(8,44(60)41(66-10)39(30)50(53,6)7)35(65-9)26-36-52(43,29-67-36)72-31(2)57/h11-12,14-17,20-23,34-36,40-43,45,64H,13,18-19,24-29H2,1-10H3,(H,55,58)(H,56,63)/t34-,35-,36?,40-,41+,42+,43-,45-,51+,52-,53+/m0/s1. The second kappa shape index (κ2) is 23.3. The Balaban J connectivity index is 1.48. The van der Waals surface area contributed by atoms with Gasteiger partial charge in [-0.1, -0.05) is 68.8 Å². The van der Waals surface area contributed by atoms with Crippen LogP contribution in [-0.2, 0) is 64.9 Å². The Hall–Kier alpha value is -5.00. The van der Waals surface area contributed by atoms with Crippen molar-refractivity contribution in [2.45, 2.75) is 153 Å². The summed E-state index contributed by atoms with van der Waals surface area (Å²) < 4.78 is 54.0. The normalized spacial score (nSPS) is 29.0. The molecule has 1 heterocycles. The molecule has 2 saturated carbocycles. The second-order valence-corrected chi connectivity index (χ2v) is 21.5. The topological polar surface area (TPSA) is 247 Å². The van der Waals surface area contributed by atoms with E-state index in [0.717, 1.165) is 0 Å². The Morgan fingerprint density at radius 1 is 0.918 bits per heavy atom. The van der Waals surface area contributed by atoms with Crippen molar-refractivity contribution in [1.29, 1.82) is 0 Å². The molecular weight excluding hydrogens is 1060 g/mol. The zero-order chi connectivity index (χ0) is 53.7. The van der Waals surface area contributed by atoms with Gasteiger partial charge in [0.05, 0.1) is 29.6 Å². The average Bonchev–Trinajstić information content (AvgIpc) is 3.32.